The van der Waals surface area contributed by atoms with E-state index in [4.69, 9.17) is 9.15 Å². The molecular formula is C13H22N2O3. The highest BCUT2D eigenvalue weighted by molar-refractivity contribution is 5.75. The molecule has 0 saturated heterocycles. The second-order valence-corrected chi connectivity index (χ2v) is 4.29. The lowest BCUT2D eigenvalue weighted by Gasteiger charge is -2.19. The van der Waals surface area contributed by atoms with E-state index in [1.165, 1.54) is 0 Å². The van der Waals surface area contributed by atoms with Gasteiger partial charge in [0, 0.05) is 0 Å². The first-order chi connectivity index (χ1) is 8.58. The van der Waals surface area contributed by atoms with Gasteiger partial charge in [-0.3, -0.25) is 10.1 Å². The summed E-state index contributed by atoms with van der Waals surface area (Å²) in [6.07, 6.45) is 3.32. The molecule has 5 nitrogen and oxygen atoms in total. The van der Waals surface area contributed by atoms with Gasteiger partial charge in [0.25, 0.3) is 0 Å². The molecule has 1 N–H and O–H groups in total. The van der Waals surface area contributed by atoms with E-state index in [-0.39, 0.29) is 18.1 Å². The fourth-order valence-electron chi connectivity index (χ4n) is 1.75. The summed E-state index contributed by atoms with van der Waals surface area (Å²) in [7, 11) is 0. The summed E-state index contributed by atoms with van der Waals surface area (Å²) in [4.78, 5) is 15.9. The zero-order valence-electron chi connectivity index (χ0n) is 11.5. The number of aromatic nitrogens is 1. The van der Waals surface area contributed by atoms with Crippen LogP contribution in [0, 0.1) is 6.92 Å². The third-order valence-electron chi connectivity index (χ3n) is 2.61. The molecule has 0 fully saturated rings. The Hall–Kier alpha value is -1.36. The van der Waals surface area contributed by atoms with Gasteiger partial charge in [0.1, 0.15) is 11.8 Å². The van der Waals surface area contributed by atoms with Crippen molar-refractivity contribution in [3.63, 3.8) is 0 Å². The van der Waals surface area contributed by atoms with E-state index in [0.29, 0.717) is 12.5 Å². The molecule has 0 spiro atoms. The molecular weight excluding hydrogens is 232 g/mol. The van der Waals surface area contributed by atoms with Crippen LogP contribution in [-0.2, 0) is 9.53 Å². The molecule has 1 aromatic heterocycles. The van der Waals surface area contributed by atoms with Crippen LogP contribution in [-0.4, -0.2) is 23.6 Å². The minimum absolute atomic E-state index is 0.111. The van der Waals surface area contributed by atoms with E-state index in [0.717, 1.165) is 18.6 Å². The van der Waals surface area contributed by atoms with Crippen LogP contribution in [0.5, 0.6) is 0 Å². The summed E-state index contributed by atoms with van der Waals surface area (Å²) in [5, 5.41) is 3.20. The number of nitrogens with zero attached hydrogens (tertiary/aromatic N) is 1. The Morgan fingerprint density at radius 1 is 1.56 bits per heavy atom. The molecule has 18 heavy (non-hydrogen) atoms. The van der Waals surface area contributed by atoms with E-state index < -0.39 is 0 Å². The molecule has 0 saturated carbocycles. The van der Waals surface area contributed by atoms with Gasteiger partial charge in [-0.2, -0.15) is 0 Å². The van der Waals surface area contributed by atoms with Gasteiger partial charge in [0.05, 0.1) is 18.8 Å². The monoisotopic (exact) mass is 254 g/mol. The van der Waals surface area contributed by atoms with Crippen LogP contribution in [0.2, 0.25) is 0 Å². The fraction of sp³-hybridized carbons (Fsp3) is 0.692. The summed E-state index contributed by atoms with van der Waals surface area (Å²) in [6.45, 7) is 8.01. The minimum atomic E-state index is -0.308. The Bertz CT molecular complexity index is 376. The van der Waals surface area contributed by atoms with E-state index in [2.05, 4.69) is 10.3 Å². The van der Waals surface area contributed by atoms with Crippen LogP contribution in [0.15, 0.2) is 10.6 Å². The maximum Gasteiger partial charge on any atom is 0.323 e. The molecule has 1 heterocycles. The van der Waals surface area contributed by atoms with Crippen molar-refractivity contribution in [3.05, 3.63) is 17.8 Å². The third-order valence-corrected chi connectivity index (χ3v) is 2.61. The molecule has 2 unspecified atom stereocenters. The third kappa shape index (κ3) is 4.14. The zero-order valence-corrected chi connectivity index (χ0v) is 11.5. The molecule has 2 atom stereocenters. The number of rotatable bonds is 7. The number of ether oxygens (including phenoxy) is 1. The average molecular weight is 254 g/mol. The van der Waals surface area contributed by atoms with Gasteiger partial charge in [-0.25, -0.2) is 4.98 Å². The lowest BCUT2D eigenvalue weighted by Crippen LogP contribution is -2.39. The van der Waals surface area contributed by atoms with Crippen molar-refractivity contribution in [1.29, 1.82) is 0 Å². The van der Waals surface area contributed by atoms with Crippen LogP contribution < -0.4 is 5.32 Å². The topological polar surface area (TPSA) is 64.4 Å². The second kappa shape index (κ2) is 7.16. The van der Waals surface area contributed by atoms with Gasteiger partial charge in [0.15, 0.2) is 0 Å². The van der Waals surface area contributed by atoms with Crippen LogP contribution in [0.3, 0.4) is 0 Å². The Labute approximate surface area is 108 Å². The summed E-state index contributed by atoms with van der Waals surface area (Å²) < 4.78 is 10.5. The second-order valence-electron chi connectivity index (χ2n) is 4.29. The van der Waals surface area contributed by atoms with Crippen molar-refractivity contribution < 1.29 is 13.9 Å². The molecule has 5 heteroatoms. The number of aryl methyl sites for hydroxylation is 1. The van der Waals surface area contributed by atoms with Crippen molar-refractivity contribution in [1.82, 2.24) is 10.3 Å². The maximum absolute atomic E-state index is 11.8. The quantitative estimate of drug-likeness (QED) is 0.757. The summed E-state index contributed by atoms with van der Waals surface area (Å²) in [5.74, 6) is 1.15. The zero-order chi connectivity index (χ0) is 13.5. The van der Waals surface area contributed by atoms with Gasteiger partial charge in [-0.1, -0.05) is 13.3 Å². The number of hydrogen-bond acceptors (Lipinski definition) is 5. The fourth-order valence-corrected chi connectivity index (χ4v) is 1.75. The number of nitrogens with one attached hydrogen (secondary N) is 1. The molecule has 0 bridgehead atoms. The summed E-state index contributed by atoms with van der Waals surface area (Å²) in [5.41, 5.74) is 0. The molecule has 102 valence electrons. The van der Waals surface area contributed by atoms with Crippen molar-refractivity contribution in [2.24, 2.45) is 0 Å². The van der Waals surface area contributed by atoms with Crippen molar-refractivity contribution in [2.75, 3.05) is 6.61 Å². The van der Waals surface area contributed by atoms with E-state index in [1.807, 2.05) is 27.7 Å². The van der Waals surface area contributed by atoms with Crippen molar-refractivity contribution >= 4 is 5.97 Å². The first-order valence-electron chi connectivity index (χ1n) is 6.43. The molecule has 0 radical (unpaired) electrons. The Morgan fingerprint density at radius 3 is 2.78 bits per heavy atom. The smallest absolute Gasteiger partial charge is 0.323 e. The number of esters is 1. The largest absolute Gasteiger partial charge is 0.465 e. The Kier molecular flexibility index (Phi) is 5.85. The lowest BCUT2D eigenvalue weighted by molar-refractivity contribution is -0.146. The van der Waals surface area contributed by atoms with Gasteiger partial charge >= 0.3 is 5.97 Å². The number of oxazole rings is 1. The van der Waals surface area contributed by atoms with Crippen LogP contribution in [0.4, 0.5) is 0 Å². The molecule has 0 aromatic carbocycles. The van der Waals surface area contributed by atoms with E-state index in [9.17, 15) is 4.79 Å². The highest BCUT2D eigenvalue weighted by Gasteiger charge is 2.23. The van der Waals surface area contributed by atoms with Crippen molar-refractivity contribution in [2.45, 2.75) is 52.6 Å². The van der Waals surface area contributed by atoms with Crippen LogP contribution in [0.1, 0.15) is 51.3 Å². The molecule has 0 amide bonds. The van der Waals surface area contributed by atoms with Gasteiger partial charge in [-0.15, -0.1) is 0 Å². The Morgan fingerprint density at radius 2 is 2.28 bits per heavy atom. The van der Waals surface area contributed by atoms with E-state index in [1.54, 1.807) is 6.20 Å². The SMILES string of the molecule is CCCC(NC(C)c1ncc(C)o1)C(=O)OCC. The highest BCUT2D eigenvalue weighted by atomic mass is 16.5. The minimum Gasteiger partial charge on any atom is -0.465 e. The van der Waals surface area contributed by atoms with Crippen molar-refractivity contribution in [3.8, 4) is 0 Å². The lowest BCUT2D eigenvalue weighted by atomic mass is 10.1. The Balaban J connectivity index is 2.62. The van der Waals surface area contributed by atoms with Crippen LogP contribution in [0.25, 0.3) is 0 Å². The van der Waals surface area contributed by atoms with Crippen LogP contribution >= 0.6 is 0 Å². The predicted octanol–water partition coefficient (Wildman–Crippen LogP) is 2.37. The first-order valence-corrected chi connectivity index (χ1v) is 6.43. The molecule has 1 aromatic rings. The standard InChI is InChI=1S/C13H22N2O3/c1-5-7-11(13(16)17-6-2)15-10(4)12-14-8-9(3)18-12/h8,10-11,15H,5-7H2,1-4H3. The maximum atomic E-state index is 11.8. The number of hydrogen-bond donors (Lipinski definition) is 1. The van der Waals surface area contributed by atoms with Gasteiger partial charge in [0.2, 0.25) is 5.89 Å². The van der Waals surface area contributed by atoms with Gasteiger partial charge in [-0.05, 0) is 27.2 Å². The van der Waals surface area contributed by atoms with E-state index >= 15 is 0 Å². The predicted molar refractivity (Wildman–Crippen MR) is 68.1 cm³/mol. The molecule has 0 aliphatic carbocycles. The molecule has 0 aliphatic rings. The molecule has 0 aliphatic heterocycles. The first kappa shape index (κ1) is 14.7. The number of carbonyl (C=O) groups excluding carboxylic acids is 1. The summed E-state index contributed by atoms with van der Waals surface area (Å²) >= 11 is 0. The average Bonchev–Trinajstić information content (AvgIpc) is 2.75. The van der Waals surface area contributed by atoms with Gasteiger partial charge < -0.3 is 9.15 Å². The molecule has 1 rings (SSSR count). The number of carbonyl (C=O) groups is 1. The normalized spacial score (nSPS) is 14.2. The summed E-state index contributed by atoms with van der Waals surface area (Å²) in [6, 6.07) is -0.420. The highest BCUT2D eigenvalue weighted by Crippen LogP contribution is 2.14.